The van der Waals surface area contributed by atoms with Crippen molar-refractivity contribution in [1.82, 2.24) is 4.90 Å². The van der Waals surface area contributed by atoms with Crippen molar-refractivity contribution in [3.05, 3.63) is 0 Å². The van der Waals surface area contributed by atoms with Crippen LogP contribution in [0.1, 0.15) is 46.0 Å². The molecule has 0 atom stereocenters. The topological polar surface area (TPSA) is 20.3 Å². The summed E-state index contributed by atoms with van der Waals surface area (Å²) in [6.45, 7) is 5.79. The highest BCUT2D eigenvalue weighted by Gasteiger charge is 2.09. The molecule has 0 rings (SSSR count). The molecule has 0 saturated carbocycles. The molecule has 1 amide bonds. The fourth-order valence-corrected chi connectivity index (χ4v) is 1.51. The van der Waals surface area contributed by atoms with Crippen LogP contribution in [-0.4, -0.2) is 29.8 Å². The summed E-state index contributed by atoms with van der Waals surface area (Å²) in [5.41, 5.74) is 0. The average molecular weight is 220 g/mol. The van der Waals surface area contributed by atoms with Crippen LogP contribution >= 0.6 is 11.6 Å². The Bertz CT molecular complexity index is 150. The predicted molar refractivity (Wildman–Crippen MR) is 61.7 cm³/mol. The zero-order valence-corrected chi connectivity index (χ0v) is 10.1. The van der Waals surface area contributed by atoms with Gasteiger partial charge in [0.2, 0.25) is 5.91 Å². The van der Waals surface area contributed by atoms with Gasteiger partial charge in [0.25, 0.3) is 0 Å². The smallest absolute Gasteiger partial charge is 0.222 e. The van der Waals surface area contributed by atoms with Crippen LogP contribution in [0.2, 0.25) is 0 Å². The highest BCUT2D eigenvalue weighted by Crippen LogP contribution is 2.04. The van der Waals surface area contributed by atoms with E-state index in [1.54, 1.807) is 0 Å². The van der Waals surface area contributed by atoms with Gasteiger partial charge in [-0.1, -0.05) is 19.8 Å². The number of hydrogen-bond acceptors (Lipinski definition) is 1. The standard InChI is InChI=1S/C11H22ClNO/c1-3-5-6-8-11(14)13(4-2)10-7-9-12/h3-10H2,1-2H3. The van der Waals surface area contributed by atoms with E-state index >= 15 is 0 Å². The summed E-state index contributed by atoms with van der Waals surface area (Å²) in [5.74, 6) is 0.921. The molecule has 84 valence electrons. The molecule has 0 aromatic heterocycles. The molecule has 0 saturated heterocycles. The minimum atomic E-state index is 0.283. The molecule has 0 aliphatic rings. The van der Waals surface area contributed by atoms with E-state index in [0.717, 1.165) is 32.4 Å². The number of carbonyl (C=O) groups is 1. The quantitative estimate of drug-likeness (QED) is 0.454. The summed E-state index contributed by atoms with van der Waals surface area (Å²) in [4.78, 5) is 13.5. The van der Waals surface area contributed by atoms with Crippen molar-refractivity contribution in [1.29, 1.82) is 0 Å². The molecule has 0 spiro atoms. The largest absolute Gasteiger partial charge is 0.343 e. The zero-order valence-electron chi connectivity index (χ0n) is 9.39. The number of alkyl halides is 1. The highest BCUT2D eigenvalue weighted by atomic mass is 35.5. The lowest BCUT2D eigenvalue weighted by Gasteiger charge is -2.20. The fourth-order valence-electron chi connectivity index (χ4n) is 1.39. The molecule has 3 heteroatoms. The average Bonchev–Trinajstić information content (AvgIpc) is 2.19. The van der Waals surface area contributed by atoms with Crippen LogP contribution in [0, 0.1) is 0 Å². The Morgan fingerprint density at radius 1 is 1.21 bits per heavy atom. The molecule has 0 N–H and O–H groups in total. The van der Waals surface area contributed by atoms with Gasteiger partial charge in [-0.05, 0) is 19.8 Å². The molecule has 0 bridgehead atoms. The van der Waals surface area contributed by atoms with Gasteiger partial charge in [0, 0.05) is 25.4 Å². The molecular weight excluding hydrogens is 198 g/mol. The molecule has 0 aliphatic carbocycles. The Hall–Kier alpha value is -0.240. The molecule has 0 aliphatic heterocycles. The Balaban J connectivity index is 3.67. The van der Waals surface area contributed by atoms with Crippen molar-refractivity contribution < 1.29 is 4.79 Å². The lowest BCUT2D eigenvalue weighted by atomic mass is 10.2. The summed E-state index contributed by atoms with van der Waals surface area (Å²) in [5, 5.41) is 0. The van der Waals surface area contributed by atoms with E-state index in [1.165, 1.54) is 6.42 Å². The van der Waals surface area contributed by atoms with Crippen molar-refractivity contribution in [3.63, 3.8) is 0 Å². The van der Waals surface area contributed by atoms with Crippen molar-refractivity contribution in [3.8, 4) is 0 Å². The van der Waals surface area contributed by atoms with Gasteiger partial charge >= 0.3 is 0 Å². The molecule has 0 aromatic carbocycles. The second kappa shape index (κ2) is 9.32. The Morgan fingerprint density at radius 2 is 1.93 bits per heavy atom. The Labute approximate surface area is 92.6 Å². The van der Waals surface area contributed by atoms with Crippen molar-refractivity contribution in [2.24, 2.45) is 0 Å². The molecule has 2 nitrogen and oxygen atoms in total. The van der Waals surface area contributed by atoms with Crippen LogP contribution in [0.4, 0.5) is 0 Å². The monoisotopic (exact) mass is 219 g/mol. The first-order valence-electron chi connectivity index (χ1n) is 5.60. The first-order valence-corrected chi connectivity index (χ1v) is 6.13. The van der Waals surface area contributed by atoms with Gasteiger partial charge in [0.1, 0.15) is 0 Å². The fraction of sp³-hybridized carbons (Fsp3) is 0.909. The van der Waals surface area contributed by atoms with Gasteiger partial charge in [-0.2, -0.15) is 0 Å². The van der Waals surface area contributed by atoms with Crippen LogP contribution in [0.3, 0.4) is 0 Å². The maximum atomic E-state index is 11.6. The third kappa shape index (κ3) is 6.25. The summed E-state index contributed by atoms with van der Waals surface area (Å²) in [6.07, 6.45) is 4.94. The molecule has 0 aromatic rings. The third-order valence-electron chi connectivity index (χ3n) is 2.29. The summed E-state index contributed by atoms with van der Waals surface area (Å²) >= 11 is 5.60. The lowest BCUT2D eigenvalue weighted by Crippen LogP contribution is -2.31. The van der Waals surface area contributed by atoms with Gasteiger partial charge in [0.15, 0.2) is 0 Å². The van der Waals surface area contributed by atoms with Gasteiger partial charge in [0.05, 0.1) is 0 Å². The number of amides is 1. The number of nitrogens with zero attached hydrogens (tertiary/aromatic N) is 1. The first kappa shape index (κ1) is 13.8. The van der Waals surface area contributed by atoms with E-state index in [4.69, 9.17) is 11.6 Å². The van der Waals surface area contributed by atoms with E-state index in [2.05, 4.69) is 6.92 Å². The minimum Gasteiger partial charge on any atom is -0.343 e. The SMILES string of the molecule is CCCCCC(=O)N(CC)CCCCl. The van der Waals surface area contributed by atoms with Crippen molar-refractivity contribution >= 4 is 17.5 Å². The van der Waals surface area contributed by atoms with E-state index < -0.39 is 0 Å². The first-order chi connectivity index (χ1) is 6.76. The summed E-state index contributed by atoms with van der Waals surface area (Å²) in [6, 6.07) is 0. The predicted octanol–water partition coefficient (Wildman–Crippen LogP) is 3.04. The van der Waals surface area contributed by atoms with Crippen molar-refractivity contribution in [2.75, 3.05) is 19.0 Å². The molecule has 0 unspecified atom stereocenters. The Morgan fingerprint density at radius 3 is 2.43 bits per heavy atom. The van der Waals surface area contributed by atoms with Crippen LogP contribution in [-0.2, 0) is 4.79 Å². The van der Waals surface area contributed by atoms with Gasteiger partial charge in [-0.25, -0.2) is 0 Å². The third-order valence-corrected chi connectivity index (χ3v) is 2.56. The van der Waals surface area contributed by atoms with Crippen LogP contribution in [0.25, 0.3) is 0 Å². The van der Waals surface area contributed by atoms with Gasteiger partial charge in [-0.15, -0.1) is 11.6 Å². The number of rotatable bonds is 8. The summed E-state index contributed by atoms with van der Waals surface area (Å²) < 4.78 is 0. The van der Waals surface area contributed by atoms with Crippen molar-refractivity contribution in [2.45, 2.75) is 46.0 Å². The van der Waals surface area contributed by atoms with Gasteiger partial charge in [-0.3, -0.25) is 4.79 Å². The van der Waals surface area contributed by atoms with E-state index in [9.17, 15) is 4.79 Å². The van der Waals surface area contributed by atoms with E-state index in [1.807, 2.05) is 11.8 Å². The zero-order chi connectivity index (χ0) is 10.8. The maximum absolute atomic E-state index is 11.6. The lowest BCUT2D eigenvalue weighted by molar-refractivity contribution is -0.131. The molecule has 0 fully saturated rings. The number of hydrogen-bond donors (Lipinski definition) is 0. The molecule has 14 heavy (non-hydrogen) atoms. The van der Waals surface area contributed by atoms with Crippen LogP contribution < -0.4 is 0 Å². The number of carbonyl (C=O) groups excluding carboxylic acids is 1. The minimum absolute atomic E-state index is 0.283. The number of halogens is 1. The second-order valence-corrected chi connectivity index (χ2v) is 3.85. The van der Waals surface area contributed by atoms with Gasteiger partial charge < -0.3 is 4.90 Å². The molecular formula is C11H22ClNO. The second-order valence-electron chi connectivity index (χ2n) is 3.47. The Kier molecular flexibility index (Phi) is 9.16. The normalized spacial score (nSPS) is 10.2. The molecule has 0 radical (unpaired) electrons. The number of unbranched alkanes of at least 4 members (excludes halogenated alkanes) is 2. The van der Waals surface area contributed by atoms with E-state index in [0.29, 0.717) is 12.3 Å². The highest BCUT2D eigenvalue weighted by molar-refractivity contribution is 6.17. The van der Waals surface area contributed by atoms with Crippen LogP contribution in [0.5, 0.6) is 0 Å². The summed E-state index contributed by atoms with van der Waals surface area (Å²) in [7, 11) is 0. The maximum Gasteiger partial charge on any atom is 0.222 e. The van der Waals surface area contributed by atoms with E-state index in [-0.39, 0.29) is 5.91 Å². The molecule has 0 heterocycles. The van der Waals surface area contributed by atoms with Crippen LogP contribution in [0.15, 0.2) is 0 Å².